The summed E-state index contributed by atoms with van der Waals surface area (Å²) in [5.41, 5.74) is 10.7. The fraction of sp³-hybridized carbons (Fsp3) is 0.933. The minimum Gasteiger partial charge on any atom is -0.550 e. The van der Waals surface area contributed by atoms with E-state index < -0.39 is 23.8 Å². The van der Waals surface area contributed by atoms with Crippen molar-refractivity contribution in [1.29, 1.82) is 0 Å². The molecule has 0 radical (unpaired) electrons. The Morgan fingerprint density at radius 3 is 0.868 bits per heavy atom. The molecule has 0 aliphatic heterocycles. The number of unbranched alkanes of at least 4 members (excludes halogenated alkanes) is 18. The zero-order chi connectivity index (χ0) is 27.3. The smallest absolute Gasteiger partial charge is 0.550 e. The van der Waals surface area contributed by atoms with E-state index in [0.717, 1.165) is 25.7 Å². The maximum Gasteiger partial charge on any atom is 1.00 e. The molecule has 0 spiro atoms. The average Bonchev–Trinajstić information content (AvgIpc) is 2.86. The van der Waals surface area contributed by atoms with Crippen LogP contribution in [0, 0.1) is 11.8 Å². The van der Waals surface area contributed by atoms with Gasteiger partial charge >= 0.3 is 59.1 Å². The van der Waals surface area contributed by atoms with Crippen molar-refractivity contribution in [3.8, 4) is 0 Å². The van der Waals surface area contributed by atoms with E-state index in [1.807, 2.05) is 0 Å². The van der Waals surface area contributed by atoms with Gasteiger partial charge in [-0.05, 0) is 12.8 Å². The topological polar surface area (TPSA) is 132 Å². The molecule has 0 amide bonds. The van der Waals surface area contributed by atoms with Gasteiger partial charge in [0.1, 0.15) is 0 Å². The number of hydrogen-bond acceptors (Lipinski definition) is 6. The summed E-state index contributed by atoms with van der Waals surface area (Å²) in [7, 11) is 0. The Morgan fingerprint density at radius 2 is 0.684 bits per heavy atom. The molecule has 0 aromatic heterocycles. The number of carboxylic acids is 2. The van der Waals surface area contributed by atoms with Crippen LogP contribution < -0.4 is 80.8 Å². The standard InChI is InChI=1S/2C15H31NO2.2Na/c2*1-2-3-4-5-6-7-8-9-10-11-12-14(13-16)15(17)18;;/h2*14H,2-13,16H2,1H3,(H,17,18);;/q;;2*+1/p-2. The number of carboxylic acid groups (broad SMARTS) is 2. The first-order chi connectivity index (χ1) is 17.4. The summed E-state index contributed by atoms with van der Waals surface area (Å²) in [5.74, 6) is -2.88. The molecule has 4 N–H and O–H groups in total. The molecule has 38 heavy (non-hydrogen) atoms. The maximum absolute atomic E-state index is 10.6. The van der Waals surface area contributed by atoms with E-state index in [-0.39, 0.29) is 72.2 Å². The Morgan fingerprint density at radius 1 is 0.474 bits per heavy atom. The van der Waals surface area contributed by atoms with E-state index >= 15 is 0 Å². The molecular weight excluding hydrogens is 498 g/mol. The third kappa shape index (κ3) is 34.9. The molecule has 0 fully saturated rings. The fourth-order valence-corrected chi connectivity index (χ4v) is 4.42. The van der Waals surface area contributed by atoms with Gasteiger partial charge in [-0.3, -0.25) is 0 Å². The Labute approximate surface area is 280 Å². The molecule has 216 valence electrons. The number of carbonyl (C=O) groups excluding carboxylic acids is 2. The van der Waals surface area contributed by atoms with Crippen LogP contribution in [0.5, 0.6) is 0 Å². The third-order valence-corrected chi connectivity index (χ3v) is 7.05. The van der Waals surface area contributed by atoms with Crippen molar-refractivity contribution in [2.45, 2.75) is 155 Å². The van der Waals surface area contributed by atoms with Crippen LogP contribution >= 0.6 is 0 Å². The van der Waals surface area contributed by atoms with Crippen molar-refractivity contribution >= 4 is 11.9 Å². The zero-order valence-corrected chi connectivity index (χ0v) is 29.9. The van der Waals surface area contributed by atoms with Gasteiger partial charge in [0.05, 0.1) is 0 Å². The maximum atomic E-state index is 10.6. The quantitative estimate of drug-likeness (QED) is 0.106. The van der Waals surface area contributed by atoms with Gasteiger partial charge in [0.15, 0.2) is 0 Å². The van der Waals surface area contributed by atoms with Gasteiger partial charge in [-0.25, -0.2) is 0 Å². The summed E-state index contributed by atoms with van der Waals surface area (Å²) < 4.78 is 0. The third-order valence-electron chi connectivity index (χ3n) is 7.05. The molecule has 0 bridgehead atoms. The molecular formula is C30H60N2Na2O4. The first-order valence-corrected chi connectivity index (χ1v) is 15.3. The zero-order valence-electron chi connectivity index (χ0n) is 25.9. The Balaban J connectivity index is -0.000000289. The van der Waals surface area contributed by atoms with Crippen LogP contribution in [0.4, 0.5) is 0 Å². The fourth-order valence-electron chi connectivity index (χ4n) is 4.42. The molecule has 0 rings (SSSR count). The van der Waals surface area contributed by atoms with Crippen LogP contribution in [0.1, 0.15) is 155 Å². The summed E-state index contributed by atoms with van der Waals surface area (Å²) in [6, 6.07) is 0. The molecule has 0 aromatic rings. The summed E-state index contributed by atoms with van der Waals surface area (Å²) in [4.78, 5) is 21.3. The second kappa shape index (κ2) is 37.9. The molecule has 6 nitrogen and oxygen atoms in total. The predicted molar refractivity (Wildman–Crippen MR) is 148 cm³/mol. The van der Waals surface area contributed by atoms with Crippen LogP contribution in [-0.2, 0) is 9.59 Å². The van der Waals surface area contributed by atoms with E-state index in [0.29, 0.717) is 12.8 Å². The molecule has 0 aliphatic carbocycles. The number of aliphatic carboxylic acids is 2. The van der Waals surface area contributed by atoms with Gasteiger partial charge < -0.3 is 31.3 Å². The number of rotatable bonds is 26. The van der Waals surface area contributed by atoms with Gasteiger partial charge in [-0.1, -0.05) is 142 Å². The monoisotopic (exact) mass is 558 g/mol. The van der Waals surface area contributed by atoms with E-state index in [1.165, 1.54) is 103 Å². The van der Waals surface area contributed by atoms with Crippen molar-refractivity contribution < 1.29 is 78.9 Å². The Hall–Kier alpha value is 0.860. The Bertz CT molecular complexity index is 443. The van der Waals surface area contributed by atoms with Crippen LogP contribution in [-0.4, -0.2) is 25.0 Å². The largest absolute Gasteiger partial charge is 1.00 e. The van der Waals surface area contributed by atoms with Gasteiger partial charge in [0.25, 0.3) is 0 Å². The van der Waals surface area contributed by atoms with Crippen LogP contribution in [0.3, 0.4) is 0 Å². The van der Waals surface area contributed by atoms with Crippen LogP contribution in [0.15, 0.2) is 0 Å². The van der Waals surface area contributed by atoms with Gasteiger partial charge in [0, 0.05) is 36.9 Å². The number of nitrogens with two attached hydrogens (primary N) is 2. The minimum absolute atomic E-state index is 0. The molecule has 2 atom stereocenters. The van der Waals surface area contributed by atoms with Crippen molar-refractivity contribution in [2.24, 2.45) is 23.3 Å². The Kier molecular flexibility index (Phi) is 45.7. The molecule has 0 aromatic carbocycles. The van der Waals surface area contributed by atoms with Crippen LogP contribution in [0.25, 0.3) is 0 Å². The van der Waals surface area contributed by atoms with Crippen molar-refractivity contribution in [1.82, 2.24) is 0 Å². The van der Waals surface area contributed by atoms with Crippen molar-refractivity contribution in [3.05, 3.63) is 0 Å². The summed E-state index contributed by atoms with van der Waals surface area (Å²) >= 11 is 0. The average molecular weight is 559 g/mol. The van der Waals surface area contributed by atoms with E-state index in [4.69, 9.17) is 11.5 Å². The second-order valence-electron chi connectivity index (χ2n) is 10.4. The molecule has 0 aliphatic rings. The first kappa shape index (κ1) is 45.8. The van der Waals surface area contributed by atoms with Crippen molar-refractivity contribution in [3.63, 3.8) is 0 Å². The molecule has 0 heterocycles. The van der Waals surface area contributed by atoms with Crippen LogP contribution in [0.2, 0.25) is 0 Å². The van der Waals surface area contributed by atoms with E-state index in [1.54, 1.807) is 0 Å². The molecule has 0 saturated heterocycles. The summed E-state index contributed by atoms with van der Waals surface area (Å²) in [6.45, 7) is 4.89. The SMILES string of the molecule is CCCCCCCCCCCCC(CN)C(=O)[O-].CCCCCCCCCCCCC(CN)C(=O)[O-].[Na+].[Na+]. The van der Waals surface area contributed by atoms with E-state index in [9.17, 15) is 19.8 Å². The van der Waals surface area contributed by atoms with E-state index in [2.05, 4.69) is 13.8 Å². The van der Waals surface area contributed by atoms with Gasteiger partial charge in [-0.15, -0.1) is 0 Å². The summed E-state index contributed by atoms with van der Waals surface area (Å²) in [6.07, 6.45) is 26.7. The predicted octanol–water partition coefficient (Wildman–Crippen LogP) is -0.748. The molecule has 2 unspecified atom stereocenters. The molecule has 8 heteroatoms. The van der Waals surface area contributed by atoms with Gasteiger partial charge in [0.2, 0.25) is 0 Å². The van der Waals surface area contributed by atoms with Crippen molar-refractivity contribution in [2.75, 3.05) is 13.1 Å². The summed E-state index contributed by atoms with van der Waals surface area (Å²) in [5, 5.41) is 21.3. The minimum atomic E-state index is -0.992. The number of carbonyl (C=O) groups is 2. The number of hydrogen-bond donors (Lipinski definition) is 2. The normalized spacial score (nSPS) is 11.9. The second-order valence-corrected chi connectivity index (χ2v) is 10.4. The molecule has 0 saturated carbocycles. The van der Waals surface area contributed by atoms with Gasteiger partial charge in [-0.2, -0.15) is 0 Å². The first-order valence-electron chi connectivity index (χ1n) is 15.3.